The Bertz CT molecular complexity index is 774. The molecule has 2 rings (SSSR count). The quantitative estimate of drug-likeness (QED) is 0.774. The number of carbonyl (C=O) groups excluding carboxylic acids is 2. The number of benzene rings is 2. The van der Waals surface area contributed by atoms with Crippen LogP contribution in [0.15, 0.2) is 48.5 Å². The molecule has 0 fully saturated rings. The predicted molar refractivity (Wildman–Crippen MR) is 106 cm³/mol. The topological polar surface area (TPSA) is 61.9 Å². The summed E-state index contributed by atoms with van der Waals surface area (Å²) in [6.45, 7) is 1.43. The molecule has 0 aliphatic rings. The fourth-order valence-electron chi connectivity index (χ4n) is 2.80. The second-order valence-electron chi connectivity index (χ2n) is 6.51. The molecule has 2 amide bonds. The Balaban J connectivity index is 1.89. The zero-order valence-corrected chi connectivity index (χ0v) is 16.4. The number of carbonyl (C=O) groups is 2. The fraction of sp³-hybridized carbons (Fsp3) is 0.333. The standard InChI is InChI=1S/C21H27N3O3/c1-22-21(26)17-11-9-16(10-12-17)13-23(2)15-20(25)24(3)14-18-7-5-6-8-19(18)27-4/h5-12H,13-15H2,1-4H3,(H,22,26). The van der Waals surface area contributed by atoms with Gasteiger partial charge in [0.05, 0.1) is 13.7 Å². The molecule has 6 nitrogen and oxygen atoms in total. The minimum absolute atomic E-state index is 0.0328. The molecule has 0 saturated heterocycles. The smallest absolute Gasteiger partial charge is 0.251 e. The van der Waals surface area contributed by atoms with Gasteiger partial charge in [-0.05, 0) is 30.8 Å². The van der Waals surface area contributed by atoms with E-state index < -0.39 is 0 Å². The normalized spacial score (nSPS) is 10.6. The van der Waals surface area contributed by atoms with Crippen molar-refractivity contribution in [2.45, 2.75) is 13.1 Å². The molecular weight excluding hydrogens is 342 g/mol. The van der Waals surface area contributed by atoms with Crippen molar-refractivity contribution in [2.24, 2.45) is 0 Å². The molecule has 0 spiro atoms. The highest BCUT2D eigenvalue weighted by atomic mass is 16.5. The van der Waals surface area contributed by atoms with Crippen LogP contribution < -0.4 is 10.1 Å². The van der Waals surface area contributed by atoms with Gasteiger partial charge in [-0.25, -0.2) is 0 Å². The molecule has 27 heavy (non-hydrogen) atoms. The minimum Gasteiger partial charge on any atom is -0.496 e. The molecule has 2 aromatic rings. The van der Waals surface area contributed by atoms with Gasteiger partial charge < -0.3 is 15.0 Å². The average Bonchev–Trinajstić information content (AvgIpc) is 2.68. The lowest BCUT2D eigenvalue weighted by Gasteiger charge is -2.23. The van der Waals surface area contributed by atoms with E-state index in [0.717, 1.165) is 16.9 Å². The third kappa shape index (κ3) is 5.82. The molecule has 0 radical (unpaired) electrons. The highest BCUT2D eigenvalue weighted by molar-refractivity contribution is 5.93. The van der Waals surface area contributed by atoms with Crippen LogP contribution in [0.3, 0.4) is 0 Å². The SMILES string of the molecule is CNC(=O)c1ccc(CN(C)CC(=O)N(C)Cc2ccccc2OC)cc1. The minimum atomic E-state index is -0.108. The van der Waals surface area contributed by atoms with Crippen LogP contribution in [0.5, 0.6) is 5.75 Å². The maximum atomic E-state index is 12.5. The molecule has 1 N–H and O–H groups in total. The summed E-state index contributed by atoms with van der Waals surface area (Å²) in [7, 11) is 6.93. The number of rotatable bonds is 8. The van der Waals surface area contributed by atoms with E-state index >= 15 is 0 Å². The summed E-state index contributed by atoms with van der Waals surface area (Å²) in [4.78, 5) is 27.8. The summed E-state index contributed by atoms with van der Waals surface area (Å²) in [5.74, 6) is 0.704. The fourth-order valence-corrected chi connectivity index (χ4v) is 2.80. The predicted octanol–water partition coefficient (Wildman–Crippen LogP) is 2.15. The van der Waals surface area contributed by atoms with Gasteiger partial charge in [-0.15, -0.1) is 0 Å². The summed E-state index contributed by atoms with van der Waals surface area (Å²) in [5.41, 5.74) is 2.64. The number of nitrogens with one attached hydrogen (secondary N) is 1. The number of amides is 2. The molecule has 144 valence electrons. The second-order valence-corrected chi connectivity index (χ2v) is 6.51. The van der Waals surface area contributed by atoms with E-state index in [1.54, 1.807) is 38.2 Å². The Morgan fingerprint density at radius 1 is 1.00 bits per heavy atom. The van der Waals surface area contributed by atoms with Gasteiger partial charge in [0, 0.05) is 38.3 Å². The molecule has 0 aliphatic heterocycles. The van der Waals surface area contributed by atoms with Crippen LogP contribution in [0.2, 0.25) is 0 Å². The summed E-state index contributed by atoms with van der Waals surface area (Å²) in [6, 6.07) is 15.1. The third-order valence-electron chi connectivity index (χ3n) is 4.33. The van der Waals surface area contributed by atoms with Crippen LogP contribution in [0.25, 0.3) is 0 Å². The van der Waals surface area contributed by atoms with E-state index in [2.05, 4.69) is 5.32 Å². The van der Waals surface area contributed by atoms with Crippen LogP contribution in [-0.2, 0) is 17.9 Å². The number of likely N-dealkylation sites (N-methyl/N-ethyl adjacent to an activating group) is 2. The number of nitrogens with zero attached hydrogens (tertiary/aromatic N) is 2. The highest BCUT2D eigenvalue weighted by Gasteiger charge is 2.14. The lowest BCUT2D eigenvalue weighted by molar-refractivity contribution is -0.131. The molecule has 0 atom stereocenters. The van der Waals surface area contributed by atoms with Gasteiger partial charge in [0.2, 0.25) is 5.91 Å². The van der Waals surface area contributed by atoms with Crippen LogP contribution in [0.1, 0.15) is 21.5 Å². The van der Waals surface area contributed by atoms with Gasteiger partial charge in [-0.2, -0.15) is 0 Å². The molecule has 0 aromatic heterocycles. The number of ether oxygens (including phenoxy) is 1. The van der Waals surface area contributed by atoms with E-state index in [0.29, 0.717) is 25.2 Å². The summed E-state index contributed by atoms with van der Waals surface area (Å²) < 4.78 is 5.34. The molecule has 0 bridgehead atoms. The van der Waals surface area contributed by atoms with Gasteiger partial charge in [0.15, 0.2) is 0 Å². The average molecular weight is 369 g/mol. The van der Waals surface area contributed by atoms with Crippen LogP contribution >= 0.6 is 0 Å². The number of hydrogen-bond acceptors (Lipinski definition) is 4. The lowest BCUT2D eigenvalue weighted by Crippen LogP contribution is -2.36. The first-order valence-corrected chi connectivity index (χ1v) is 8.80. The lowest BCUT2D eigenvalue weighted by atomic mass is 10.1. The van der Waals surface area contributed by atoms with Gasteiger partial charge in [-0.3, -0.25) is 14.5 Å². The summed E-state index contributed by atoms with van der Waals surface area (Å²) in [6.07, 6.45) is 0. The van der Waals surface area contributed by atoms with Crippen molar-refractivity contribution in [3.63, 3.8) is 0 Å². The Morgan fingerprint density at radius 3 is 2.30 bits per heavy atom. The Labute approximate surface area is 160 Å². The first kappa shape index (κ1) is 20.5. The van der Waals surface area contributed by atoms with Gasteiger partial charge >= 0.3 is 0 Å². The van der Waals surface area contributed by atoms with Crippen molar-refractivity contribution in [1.29, 1.82) is 0 Å². The highest BCUT2D eigenvalue weighted by Crippen LogP contribution is 2.18. The van der Waals surface area contributed by atoms with E-state index in [4.69, 9.17) is 4.74 Å². The third-order valence-corrected chi connectivity index (χ3v) is 4.33. The van der Waals surface area contributed by atoms with E-state index in [1.165, 1.54) is 0 Å². The van der Waals surface area contributed by atoms with Gasteiger partial charge in [-0.1, -0.05) is 30.3 Å². The first-order chi connectivity index (χ1) is 12.9. The van der Waals surface area contributed by atoms with Crippen molar-refractivity contribution in [3.8, 4) is 5.75 Å². The number of methoxy groups -OCH3 is 1. The summed E-state index contributed by atoms with van der Waals surface area (Å²) >= 11 is 0. The van der Waals surface area contributed by atoms with E-state index in [9.17, 15) is 9.59 Å². The maximum Gasteiger partial charge on any atom is 0.251 e. The van der Waals surface area contributed by atoms with Crippen LogP contribution in [0.4, 0.5) is 0 Å². The Hall–Kier alpha value is -2.86. The monoisotopic (exact) mass is 369 g/mol. The first-order valence-electron chi connectivity index (χ1n) is 8.80. The van der Waals surface area contributed by atoms with Crippen LogP contribution in [-0.4, -0.2) is 56.4 Å². The zero-order chi connectivity index (χ0) is 19.8. The van der Waals surface area contributed by atoms with Crippen molar-refractivity contribution >= 4 is 11.8 Å². The molecular formula is C21H27N3O3. The number of para-hydroxylation sites is 1. The van der Waals surface area contributed by atoms with E-state index in [1.807, 2.05) is 48.3 Å². The molecule has 6 heteroatoms. The Morgan fingerprint density at radius 2 is 1.67 bits per heavy atom. The van der Waals surface area contributed by atoms with Crippen molar-refractivity contribution in [3.05, 3.63) is 65.2 Å². The van der Waals surface area contributed by atoms with Crippen molar-refractivity contribution < 1.29 is 14.3 Å². The zero-order valence-electron chi connectivity index (χ0n) is 16.4. The molecule has 2 aromatic carbocycles. The molecule has 0 heterocycles. The molecule has 0 unspecified atom stereocenters. The van der Waals surface area contributed by atoms with Crippen molar-refractivity contribution in [2.75, 3.05) is 34.8 Å². The largest absolute Gasteiger partial charge is 0.496 e. The summed E-state index contributed by atoms with van der Waals surface area (Å²) in [5, 5.41) is 2.60. The van der Waals surface area contributed by atoms with Crippen molar-refractivity contribution in [1.82, 2.24) is 15.1 Å². The van der Waals surface area contributed by atoms with Gasteiger partial charge in [0.1, 0.15) is 5.75 Å². The molecule has 0 saturated carbocycles. The molecule has 0 aliphatic carbocycles. The van der Waals surface area contributed by atoms with E-state index in [-0.39, 0.29) is 11.8 Å². The number of hydrogen-bond donors (Lipinski definition) is 1. The maximum absolute atomic E-state index is 12.5. The van der Waals surface area contributed by atoms with Gasteiger partial charge in [0.25, 0.3) is 5.91 Å². The second kappa shape index (κ2) is 9.73. The Kier molecular flexibility index (Phi) is 7.37. The van der Waals surface area contributed by atoms with Crippen LogP contribution in [0, 0.1) is 0 Å².